The second-order valence-corrected chi connectivity index (χ2v) is 4.08. The van der Waals surface area contributed by atoms with Gasteiger partial charge in [0.2, 0.25) is 11.8 Å². The minimum Gasteiger partial charge on any atom is -0.437 e. The Bertz CT molecular complexity index is 547. The predicted octanol–water partition coefficient (Wildman–Crippen LogP) is 3.06. The van der Waals surface area contributed by atoms with Crippen molar-refractivity contribution in [1.29, 1.82) is 0 Å². The molecule has 0 spiro atoms. The molecule has 0 fully saturated rings. The van der Waals surface area contributed by atoms with Crippen LogP contribution in [-0.4, -0.2) is 21.5 Å². The number of hydrogen-bond donors (Lipinski definition) is 1. The van der Waals surface area contributed by atoms with E-state index in [0.29, 0.717) is 22.6 Å². The molecule has 0 saturated heterocycles. The van der Waals surface area contributed by atoms with E-state index >= 15 is 0 Å². The van der Waals surface area contributed by atoms with Gasteiger partial charge in [-0.3, -0.25) is 4.98 Å². The monoisotopic (exact) mass is 264 g/mol. The van der Waals surface area contributed by atoms with Crippen LogP contribution in [0.5, 0.6) is 11.6 Å². The maximum atomic E-state index is 5.84. The van der Waals surface area contributed by atoms with Crippen molar-refractivity contribution < 1.29 is 4.74 Å². The molecule has 0 aromatic carbocycles. The summed E-state index contributed by atoms with van der Waals surface area (Å²) in [6.07, 6.45) is 3.12. The Hall–Kier alpha value is -1.88. The van der Waals surface area contributed by atoms with Crippen LogP contribution in [0.4, 0.5) is 5.95 Å². The van der Waals surface area contributed by atoms with E-state index in [2.05, 4.69) is 20.3 Å². The van der Waals surface area contributed by atoms with Crippen LogP contribution in [0.15, 0.2) is 24.5 Å². The summed E-state index contributed by atoms with van der Waals surface area (Å²) < 4.78 is 5.59. The molecule has 0 amide bonds. The number of aryl methyl sites for hydroxylation is 1. The quantitative estimate of drug-likeness (QED) is 0.920. The van der Waals surface area contributed by atoms with E-state index in [1.54, 1.807) is 24.5 Å². The molecule has 5 nitrogen and oxygen atoms in total. The lowest BCUT2D eigenvalue weighted by atomic mass is 10.4. The third kappa shape index (κ3) is 3.30. The Labute approximate surface area is 110 Å². The van der Waals surface area contributed by atoms with E-state index in [1.807, 2.05) is 13.8 Å². The smallest absolute Gasteiger partial charge is 0.226 e. The fraction of sp³-hybridized carbons (Fsp3) is 0.250. The zero-order chi connectivity index (χ0) is 13.0. The Morgan fingerprint density at radius 3 is 2.83 bits per heavy atom. The molecule has 0 atom stereocenters. The van der Waals surface area contributed by atoms with Gasteiger partial charge in [0.25, 0.3) is 0 Å². The highest BCUT2D eigenvalue weighted by molar-refractivity contribution is 6.30. The highest BCUT2D eigenvalue weighted by Crippen LogP contribution is 2.22. The van der Waals surface area contributed by atoms with Crippen molar-refractivity contribution in [2.75, 3.05) is 11.9 Å². The second kappa shape index (κ2) is 5.64. The number of nitrogens with one attached hydrogen (secondary N) is 1. The summed E-state index contributed by atoms with van der Waals surface area (Å²) >= 11 is 5.84. The molecular weight excluding hydrogens is 252 g/mol. The maximum absolute atomic E-state index is 5.84. The molecule has 2 rings (SSSR count). The number of halogens is 1. The Kier molecular flexibility index (Phi) is 3.94. The van der Waals surface area contributed by atoms with Crippen LogP contribution >= 0.6 is 11.6 Å². The minimum absolute atomic E-state index is 0.461. The van der Waals surface area contributed by atoms with Crippen LogP contribution in [0.1, 0.15) is 12.6 Å². The standard InChI is InChI=1S/C12H13ClN4O/c1-3-15-12-16-8(2)4-11(17-12)18-10-5-9(13)6-14-7-10/h4-7H,3H2,1-2H3,(H,15,16,17). The number of pyridine rings is 1. The molecular formula is C12H13ClN4O. The van der Waals surface area contributed by atoms with Crippen molar-refractivity contribution in [2.45, 2.75) is 13.8 Å². The van der Waals surface area contributed by atoms with Crippen LogP contribution in [0.25, 0.3) is 0 Å². The number of ether oxygens (including phenoxy) is 1. The summed E-state index contributed by atoms with van der Waals surface area (Å²) in [5, 5.41) is 3.56. The Morgan fingerprint density at radius 1 is 1.28 bits per heavy atom. The highest BCUT2D eigenvalue weighted by atomic mass is 35.5. The predicted molar refractivity (Wildman–Crippen MR) is 70.3 cm³/mol. The summed E-state index contributed by atoms with van der Waals surface area (Å²) in [7, 11) is 0. The van der Waals surface area contributed by atoms with E-state index < -0.39 is 0 Å². The molecule has 0 aliphatic heterocycles. The molecule has 0 saturated carbocycles. The fourth-order valence-corrected chi connectivity index (χ4v) is 1.56. The Balaban J connectivity index is 2.23. The lowest BCUT2D eigenvalue weighted by molar-refractivity contribution is 0.459. The normalized spacial score (nSPS) is 10.2. The zero-order valence-electron chi connectivity index (χ0n) is 10.1. The van der Waals surface area contributed by atoms with E-state index in [9.17, 15) is 0 Å². The summed E-state index contributed by atoms with van der Waals surface area (Å²) in [6.45, 7) is 4.61. The first-order valence-electron chi connectivity index (χ1n) is 5.55. The topological polar surface area (TPSA) is 59.9 Å². The van der Waals surface area contributed by atoms with Crippen molar-refractivity contribution in [1.82, 2.24) is 15.0 Å². The summed E-state index contributed by atoms with van der Waals surface area (Å²) in [4.78, 5) is 12.4. The van der Waals surface area contributed by atoms with Crippen LogP contribution in [0, 0.1) is 6.92 Å². The fourth-order valence-electron chi connectivity index (χ4n) is 1.40. The minimum atomic E-state index is 0.461. The molecule has 94 valence electrons. The van der Waals surface area contributed by atoms with E-state index in [-0.39, 0.29) is 0 Å². The van der Waals surface area contributed by atoms with Crippen molar-refractivity contribution in [3.05, 3.63) is 35.2 Å². The lowest BCUT2D eigenvalue weighted by Gasteiger charge is -2.07. The van der Waals surface area contributed by atoms with Gasteiger partial charge in [-0.05, 0) is 13.8 Å². The Morgan fingerprint density at radius 2 is 2.11 bits per heavy atom. The molecule has 0 bridgehead atoms. The zero-order valence-corrected chi connectivity index (χ0v) is 10.9. The lowest BCUT2D eigenvalue weighted by Crippen LogP contribution is -2.04. The highest BCUT2D eigenvalue weighted by Gasteiger charge is 2.04. The number of anilines is 1. The van der Waals surface area contributed by atoms with Crippen LogP contribution in [0.2, 0.25) is 5.02 Å². The van der Waals surface area contributed by atoms with Crippen LogP contribution in [0.3, 0.4) is 0 Å². The maximum Gasteiger partial charge on any atom is 0.226 e. The summed E-state index contributed by atoms with van der Waals surface area (Å²) in [6, 6.07) is 3.43. The summed E-state index contributed by atoms with van der Waals surface area (Å²) in [5.41, 5.74) is 0.825. The number of hydrogen-bond acceptors (Lipinski definition) is 5. The molecule has 0 aliphatic rings. The molecule has 2 heterocycles. The first kappa shape index (κ1) is 12.6. The van der Waals surface area contributed by atoms with Gasteiger partial charge >= 0.3 is 0 Å². The number of aromatic nitrogens is 3. The second-order valence-electron chi connectivity index (χ2n) is 3.64. The van der Waals surface area contributed by atoms with E-state index in [1.165, 1.54) is 0 Å². The van der Waals surface area contributed by atoms with Crippen molar-refractivity contribution in [3.63, 3.8) is 0 Å². The first-order chi connectivity index (χ1) is 8.67. The summed E-state index contributed by atoms with van der Waals surface area (Å²) in [5.74, 6) is 1.55. The third-order valence-electron chi connectivity index (χ3n) is 2.07. The molecule has 1 N–H and O–H groups in total. The number of rotatable bonds is 4. The third-order valence-corrected chi connectivity index (χ3v) is 2.27. The molecule has 0 unspecified atom stereocenters. The van der Waals surface area contributed by atoms with Gasteiger partial charge in [-0.2, -0.15) is 4.98 Å². The van der Waals surface area contributed by atoms with Crippen LogP contribution in [-0.2, 0) is 0 Å². The average Bonchev–Trinajstić information content (AvgIpc) is 2.28. The van der Waals surface area contributed by atoms with Gasteiger partial charge in [0.15, 0.2) is 0 Å². The van der Waals surface area contributed by atoms with Crippen LogP contribution < -0.4 is 10.1 Å². The first-order valence-corrected chi connectivity index (χ1v) is 5.93. The molecule has 0 aliphatic carbocycles. The van der Waals surface area contributed by atoms with Gasteiger partial charge < -0.3 is 10.1 Å². The average molecular weight is 265 g/mol. The molecule has 2 aromatic heterocycles. The van der Waals surface area contributed by atoms with Gasteiger partial charge in [-0.25, -0.2) is 4.98 Å². The largest absolute Gasteiger partial charge is 0.437 e. The van der Waals surface area contributed by atoms with E-state index in [0.717, 1.165) is 12.2 Å². The molecule has 18 heavy (non-hydrogen) atoms. The van der Waals surface area contributed by atoms with Gasteiger partial charge in [0, 0.05) is 30.6 Å². The van der Waals surface area contributed by atoms with Gasteiger partial charge in [-0.1, -0.05) is 11.6 Å². The van der Waals surface area contributed by atoms with Crippen molar-refractivity contribution in [2.24, 2.45) is 0 Å². The van der Waals surface area contributed by atoms with Crippen molar-refractivity contribution in [3.8, 4) is 11.6 Å². The van der Waals surface area contributed by atoms with E-state index in [4.69, 9.17) is 16.3 Å². The number of nitrogens with zero attached hydrogens (tertiary/aromatic N) is 3. The van der Waals surface area contributed by atoms with Gasteiger partial charge in [-0.15, -0.1) is 0 Å². The molecule has 0 radical (unpaired) electrons. The van der Waals surface area contributed by atoms with Gasteiger partial charge in [0.05, 0.1) is 11.2 Å². The van der Waals surface area contributed by atoms with Gasteiger partial charge in [0.1, 0.15) is 5.75 Å². The SMILES string of the molecule is CCNc1nc(C)cc(Oc2cncc(Cl)c2)n1. The van der Waals surface area contributed by atoms with Crippen molar-refractivity contribution >= 4 is 17.5 Å². The molecule has 6 heteroatoms. The molecule has 2 aromatic rings.